The van der Waals surface area contributed by atoms with Gasteiger partial charge in [-0.25, -0.2) is 4.68 Å². The summed E-state index contributed by atoms with van der Waals surface area (Å²) in [6, 6.07) is 2.33. The van der Waals surface area contributed by atoms with Gasteiger partial charge >= 0.3 is 0 Å². The predicted octanol–water partition coefficient (Wildman–Crippen LogP) is 2.60. The maximum atomic E-state index is 10.8. The average molecular weight is 486 g/mol. The first-order chi connectivity index (χ1) is 14.7. The smallest absolute Gasteiger partial charge is 0.0827 e. The molecule has 1 saturated carbocycles. The van der Waals surface area contributed by atoms with E-state index in [-0.39, 0.29) is 37.0 Å². The summed E-state index contributed by atoms with van der Waals surface area (Å²) in [6.45, 7) is 8.27. The zero-order valence-corrected chi connectivity index (χ0v) is 20.5. The van der Waals surface area contributed by atoms with Crippen LogP contribution >= 0.6 is 24.8 Å². The van der Waals surface area contributed by atoms with Crippen molar-refractivity contribution in [2.24, 2.45) is 11.8 Å². The molecular formula is C22H37Cl2N7O. The van der Waals surface area contributed by atoms with E-state index in [0.717, 1.165) is 83.5 Å². The third-order valence-electron chi connectivity index (χ3n) is 7.20. The summed E-state index contributed by atoms with van der Waals surface area (Å²) in [5.41, 5.74) is 3.54. The van der Waals surface area contributed by atoms with Crippen molar-refractivity contribution in [2.45, 2.75) is 77.2 Å². The SMILES string of the molecule is CCCCc1cn([C@@H]2C[C@@H]3CN(Cc4cc5n(n4)CCCNC5)C[C@@H]3C[C@H]2O)nn1.Cl.Cl. The molecule has 4 atom stereocenters. The number of nitrogens with one attached hydrogen (secondary N) is 1. The van der Waals surface area contributed by atoms with Gasteiger partial charge in [-0.1, -0.05) is 18.6 Å². The van der Waals surface area contributed by atoms with E-state index in [9.17, 15) is 5.11 Å². The second kappa shape index (κ2) is 11.3. The minimum Gasteiger partial charge on any atom is -0.391 e. The molecule has 0 aromatic carbocycles. The van der Waals surface area contributed by atoms with Gasteiger partial charge in [-0.3, -0.25) is 9.58 Å². The van der Waals surface area contributed by atoms with Crippen molar-refractivity contribution >= 4 is 24.8 Å². The second-order valence-electron chi connectivity index (χ2n) is 9.49. The van der Waals surface area contributed by atoms with Crippen LogP contribution < -0.4 is 5.32 Å². The lowest BCUT2D eigenvalue weighted by Crippen LogP contribution is -2.36. The number of aliphatic hydroxyl groups is 1. The van der Waals surface area contributed by atoms with Gasteiger partial charge < -0.3 is 10.4 Å². The molecule has 2 fully saturated rings. The van der Waals surface area contributed by atoms with E-state index in [1.54, 1.807) is 0 Å². The molecule has 4 heterocycles. The number of aliphatic hydroxyl groups excluding tert-OH is 1. The molecule has 2 aliphatic heterocycles. The Kier molecular flexibility index (Phi) is 8.97. The number of aromatic nitrogens is 5. The molecule has 2 aromatic heterocycles. The van der Waals surface area contributed by atoms with Crippen LogP contribution in [0.1, 0.15) is 62.2 Å². The van der Waals surface area contributed by atoms with E-state index in [2.05, 4.69) is 44.4 Å². The fraction of sp³-hybridized carbons (Fsp3) is 0.773. The minimum absolute atomic E-state index is 0. The third kappa shape index (κ3) is 5.47. The molecule has 10 heteroatoms. The van der Waals surface area contributed by atoms with Crippen LogP contribution in [-0.4, -0.2) is 60.5 Å². The quantitative estimate of drug-likeness (QED) is 0.653. The van der Waals surface area contributed by atoms with Crippen molar-refractivity contribution in [3.63, 3.8) is 0 Å². The Bertz CT molecular complexity index is 834. The standard InChI is InChI=1S/C22H35N7O.2ClH/c1-2-3-5-18-15-29(26-24-18)21-8-16-12-27(13-17(16)9-22(21)30)14-19-10-20-11-23-6-4-7-28(20)25-19;;/h10,15-17,21-23,30H,2-9,11-14H2,1H3;2*1H/t16-,17+,21-,22-;;/m1../s1. The van der Waals surface area contributed by atoms with Gasteiger partial charge in [0.1, 0.15) is 0 Å². The first kappa shape index (κ1) is 25.4. The molecule has 0 spiro atoms. The lowest BCUT2D eigenvalue weighted by molar-refractivity contribution is 0.0298. The van der Waals surface area contributed by atoms with Crippen molar-refractivity contribution in [3.05, 3.63) is 29.3 Å². The first-order valence-electron chi connectivity index (χ1n) is 11.8. The minimum atomic E-state index is -0.332. The lowest BCUT2D eigenvalue weighted by atomic mass is 9.77. The Labute approximate surface area is 202 Å². The van der Waals surface area contributed by atoms with Crippen molar-refractivity contribution in [1.82, 2.24) is 35.0 Å². The Morgan fingerprint density at radius 2 is 1.97 bits per heavy atom. The molecule has 8 nitrogen and oxygen atoms in total. The van der Waals surface area contributed by atoms with Gasteiger partial charge in [0, 0.05) is 38.9 Å². The second-order valence-corrected chi connectivity index (χ2v) is 9.49. The number of nitrogens with zero attached hydrogens (tertiary/aromatic N) is 6. The maximum Gasteiger partial charge on any atom is 0.0827 e. The highest BCUT2D eigenvalue weighted by molar-refractivity contribution is 5.85. The van der Waals surface area contributed by atoms with E-state index in [0.29, 0.717) is 11.8 Å². The van der Waals surface area contributed by atoms with E-state index < -0.39 is 0 Å². The number of likely N-dealkylation sites (tertiary alicyclic amines) is 1. The van der Waals surface area contributed by atoms with Crippen LogP contribution in [0.5, 0.6) is 0 Å². The normalized spacial score (nSPS) is 27.7. The van der Waals surface area contributed by atoms with E-state index in [4.69, 9.17) is 5.10 Å². The van der Waals surface area contributed by atoms with Crippen LogP contribution in [-0.2, 0) is 26.1 Å². The number of hydrogen-bond acceptors (Lipinski definition) is 6. The van der Waals surface area contributed by atoms with Gasteiger partial charge in [0.05, 0.1) is 29.2 Å². The lowest BCUT2D eigenvalue weighted by Gasteiger charge is -2.35. The van der Waals surface area contributed by atoms with Crippen LogP contribution in [0, 0.1) is 11.8 Å². The molecule has 5 rings (SSSR count). The predicted molar refractivity (Wildman–Crippen MR) is 128 cm³/mol. The fourth-order valence-electron chi connectivity index (χ4n) is 5.59. The first-order valence-corrected chi connectivity index (χ1v) is 11.8. The van der Waals surface area contributed by atoms with Gasteiger partial charge in [0.25, 0.3) is 0 Å². The van der Waals surface area contributed by atoms with Gasteiger partial charge in [0.15, 0.2) is 0 Å². The molecule has 3 aliphatic rings. The van der Waals surface area contributed by atoms with Crippen molar-refractivity contribution in [1.29, 1.82) is 0 Å². The summed E-state index contributed by atoms with van der Waals surface area (Å²) in [4.78, 5) is 2.54. The summed E-state index contributed by atoms with van der Waals surface area (Å²) in [7, 11) is 0. The van der Waals surface area contributed by atoms with Crippen molar-refractivity contribution in [2.75, 3.05) is 19.6 Å². The fourth-order valence-corrected chi connectivity index (χ4v) is 5.59. The monoisotopic (exact) mass is 485 g/mol. The zero-order chi connectivity index (χ0) is 20.5. The molecule has 0 unspecified atom stereocenters. The van der Waals surface area contributed by atoms with Gasteiger partial charge in [0.2, 0.25) is 0 Å². The van der Waals surface area contributed by atoms with Crippen LogP contribution in [0.25, 0.3) is 0 Å². The topological polar surface area (TPSA) is 84.0 Å². The van der Waals surface area contributed by atoms with E-state index in [1.807, 2.05) is 4.68 Å². The Morgan fingerprint density at radius 3 is 2.78 bits per heavy atom. The van der Waals surface area contributed by atoms with Crippen LogP contribution in [0.4, 0.5) is 0 Å². The number of hydrogen-bond donors (Lipinski definition) is 2. The third-order valence-corrected chi connectivity index (χ3v) is 7.20. The molecular weight excluding hydrogens is 449 g/mol. The Morgan fingerprint density at radius 1 is 1.16 bits per heavy atom. The highest BCUT2D eigenvalue weighted by atomic mass is 35.5. The van der Waals surface area contributed by atoms with Gasteiger partial charge in [-0.05, 0) is 56.6 Å². The molecule has 1 saturated heterocycles. The highest BCUT2D eigenvalue weighted by Crippen LogP contribution is 2.41. The van der Waals surface area contributed by atoms with Crippen LogP contribution in [0.2, 0.25) is 0 Å². The number of aryl methyl sites for hydroxylation is 2. The summed E-state index contributed by atoms with van der Waals surface area (Å²) >= 11 is 0. The molecule has 180 valence electrons. The maximum absolute atomic E-state index is 10.8. The van der Waals surface area contributed by atoms with Gasteiger partial charge in [-0.15, -0.1) is 29.9 Å². The summed E-state index contributed by atoms with van der Waals surface area (Å²) in [6.07, 6.45) is 7.99. The molecule has 2 aromatic rings. The molecule has 1 aliphatic carbocycles. The number of fused-ring (bicyclic) bond motifs is 2. The molecule has 0 amide bonds. The largest absolute Gasteiger partial charge is 0.391 e. The number of rotatable bonds is 6. The number of halogens is 2. The zero-order valence-electron chi connectivity index (χ0n) is 18.9. The van der Waals surface area contributed by atoms with Crippen LogP contribution in [0.15, 0.2) is 12.3 Å². The number of unbranched alkanes of at least 4 members (excludes halogenated alkanes) is 1. The summed E-state index contributed by atoms with van der Waals surface area (Å²) in [5, 5.41) is 27.9. The molecule has 0 radical (unpaired) electrons. The van der Waals surface area contributed by atoms with Gasteiger partial charge in [-0.2, -0.15) is 5.10 Å². The summed E-state index contributed by atoms with van der Waals surface area (Å²) in [5.74, 6) is 1.19. The van der Waals surface area contributed by atoms with Crippen molar-refractivity contribution in [3.8, 4) is 0 Å². The highest BCUT2D eigenvalue weighted by Gasteiger charge is 2.42. The molecule has 2 N–H and O–H groups in total. The average Bonchev–Trinajstić information content (AvgIpc) is 3.41. The van der Waals surface area contributed by atoms with E-state index >= 15 is 0 Å². The Balaban J connectivity index is 0.00000144. The molecule has 32 heavy (non-hydrogen) atoms. The Hall–Kier alpha value is -1.19. The van der Waals surface area contributed by atoms with Crippen LogP contribution in [0.3, 0.4) is 0 Å². The van der Waals surface area contributed by atoms with Crippen molar-refractivity contribution < 1.29 is 5.11 Å². The van der Waals surface area contributed by atoms with E-state index in [1.165, 1.54) is 11.4 Å². The molecule has 0 bridgehead atoms. The summed E-state index contributed by atoms with van der Waals surface area (Å²) < 4.78 is 4.12.